The van der Waals surface area contributed by atoms with Crippen molar-refractivity contribution in [1.82, 2.24) is 4.83 Å². The van der Waals surface area contributed by atoms with E-state index in [0.29, 0.717) is 18.6 Å². The number of esters is 1. The number of hydrogen-bond donors (Lipinski definition) is 1. The molecular weight excluding hydrogens is 280 g/mol. The van der Waals surface area contributed by atoms with Crippen molar-refractivity contribution in [3.8, 4) is 0 Å². The molecule has 0 unspecified atom stereocenters. The van der Waals surface area contributed by atoms with Crippen molar-refractivity contribution in [3.63, 3.8) is 0 Å². The van der Waals surface area contributed by atoms with E-state index in [9.17, 15) is 13.2 Å². The summed E-state index contributed by atoms with van der Waals surface area (Å²) >= 11 is 0. The van der Waals surface area contributed by atoms with Crippen LogP contribution in [-0.2, 0) is 19.6 Å². The van der Waals surface area contributed by atoms with Crippen molar-refractivity contribution in [2.24, 2.45) is 5.10 Å². The summed E-state index contributed by atoms with van der Waals surface area (Å²) in [5.74, 6) is -0.298. The van der Waals surface area contributed by atoms with Crippen molar-refractivity contribution in [2.45, 2.75) is 19.3 Å². The van der Waals surface area contributed by atoms with Gasteiger partial charge in [-0.2, -0.15) is 5.10 Å². The smallest absolute Gasteiger partial charge is 0.305 e. The Labute approximate surface area is 118 Å². The van der Waals surface area contributed by atoms with Crippen LogP contribution in [0.25, 0.3) is 0 Å². The van der Waals surface area contributed by atoms with Crippen LogP contribution in [-0.4, -0.2) is 33.5 Å². The molecule has 0 radical (unpaired) electrons. The number of hydrazone groups is 1. The van der Waals surface area contributed by atoms with Gasteiger partial charge in [0.2, 0.25) is 10.0 Å². The number of ether oxygens (including phenoxy) is 1. The molecule has 1 aromatic carbocycles. The summed E-state index contributed by atoms with van der Waals surface area (Å²) in [5.41, 5.74) is 1.40. The Balaban J connectivity index is 2.78. The summed E-state index contributed by atoms with van der Waals surface area (Å²) in [6, 6.07) is 9.21. The zero-order valence-electron chi connectivity index (χ0n) is 11.5. The Morgan fingerprint density at radius 3 is 2.45 bits per heavy atom. The lowest BCUT2D eigenvalue weighted by molar-refractivity contribution is -0.140. The van der Waals surface area contributed by atoms with Gasteiger partial charge in [0.1, 0.15) is 0 Å². The number of nitrogens with one attached hydrogen (secondary N) is 1. The van der Waals surface area contributed by atoms with Crippen LogP contribution in [0, 0.1) is 0 Å². The fourth-order valence-corrected chi connectivity index (χ4v) is 1.81. The van der Waals surface area contributed by atoms with Gasteiger partial charge in [0, 0.05) is 6.42 Å². The first-order valence-electron chi connectivity index (χ1n) is 6.08. The van der Waals surface area contributed by atoms with Crippen LogP contribution in [0.4, 0.5) is 0 Å². The third-order valence-electron chi connectivity index (χ3n) is 2.48. The molecule has 0 aliphatic rings. The molecule has 0 spiro atoms. The van der Waals surface area contributed by atoms with Crippen LogP contribution in [0.2, 0.25) is 0 Å². The van der Waals surface area contributed by atoms with Gasteiger partial charge in [0.15, 0.2) is 0 Å². The Kier molecular flexibility index (Phi) is 6.17. The van der Waals surface area contributed by atoms with E-state index in [1.54, 1.807) is 0 Å². The first-order chi connectivity index (χ1) is 9.42. The average Bonchev–Trinajstić information content (AvgIpc) is 2.42. The number of hydrogen-bond acceptors (Lipinski definition) is 5. The second-order valence-corrected chi connectivity index (χ2v) is 5.94. The molecule has 110 valence electrons. The number of methoxy groups -OCH3 is 1. The Morgan fingerprint density at radius 2 is 1.90 bits per heavy atom. The molecule has 0 saturated carbocycles. The number of carbonyl (C=O) groups is 1. The van der Waals surface area contributed by atoms with Crippen molar-refractivity contribution >= 4 is 21.7 Å². The quantitative estimate of drug-likeness (QED) is 0.467. The molecule has 6 nitrogen and oxygen atoms in total. The third-order valence-corrected chi connectivity index (χ3v) is 2.90. The normalized spacial score (nSPS) is 12.0. The summed E-state index contributed by atoms with van der Waals surface area (Å²) in [6.45, 7) is 0. The summed E-state index contributed by atoms with van der Waals surface area (Å²) in [4.78, 5) is 13.2. The topological polar surface area (TPSA) is 84.8 Å². The molecular formula is C13H18N2O4S. The second kappa shape index (κ2) is 7.64. The van der Waals surface area contributed by atoms with Gasteiger partial charge >= 0.3 is 5.97 Å². The minimum atomic E-state index is -3.40. The van der Waals surface area contributed by atoms with Gasteiger partial charge in [-0.15, -0.1) is 0 Å². The van der Waals surface area contributed by atoms with Crippen LogP contribution in [0.15, 0.2) is 35.4 Å². The summed E-state index contributed by atoms with van der Waals surface area (Å²) in [6.07, 6.45) is 2.31. The molecule has 0 aromatic heterocycles. The van der Waals surface area contributed by atoms with Crippen molar-refractivity contribution in [3.05, 3.63) is 35.9 Å². The van der Waals surface area contributed by atoms with E-state index in [1.165, 1.54) is 7.11 Å². The molecule has 1 rings (SSSR count). The lowest BCUT2D eigenvalue weighted by atomic mass is 10.0. The Hall–Kier alpha value is -1.89. The van der Waals surface area contributed by atoms with Gasteiger partial charge in [-0.25, -0.2) is 13.2 Å². The first-order valence-corrected chi connectivity index (χ1v) is 7.97. The average molecular weight is 298 g/mol. The van der Waals surface area contributed by atoms with Gasteiger partial charge < -0.3 is 4.74 Å². The standard InChI is InChI=1S/C13H18N2O4S/c1-19-13(16)10-6-9-12(14-15-20(2,17)18)11-7-4-3-5-8-11/h3-5,7-8,15H,6,9-10H2,1-2H3/b14-12+. The molecule has 20 heavy (non-hydrogen) atoms. The van der Waals surface area contributed by atoms with Gasteiger partial charge in [-0.05, 0) is 18.4 Å². The highest BCUT2D eigenvalue weighted by Crippen LogP contribution is 2.08. The van der Waals surface area contributed by atoms with E-state index >= 15 is 0 Å². The van der Waals surface area contributed by atoms with Crippen LogP contribution >= 0.6 is 0 Å². The highest BCUT2D eigenvalue weighted by molar-refractivity contribution is 7.88. The number of sulfonamides is 1. The van der Waals surface area contributed by atoms with Crippen LogP contribution < -0.4 is 4.83 Å². The number of benzene rings is 1. The fraction of sp³-hybridized carbons (Fsp3) is 0.385. The maximum absolute atomic E-state index is 11.1. The number of rotatable bonds is 7. The van der Waals surface area contributed by atoms with E-state index < -0.39 is 10.0 Å². The molecule has 0 atom stereocenters. The van der Waals surface area contributed by atoms with Gasteiger partial charge in [-0.1, -0.05) is 30.3 Å². The fourth-order valence-electron chi connectivity index (χ4n) is 1.54. The maximum Gasteiger partial charge on any atom is 0.305 e. The zero-order valence-corrected chi connectivity index (χ0v) is 12.3. The molecule has 1 N–H and O–H groups in total. The molecule has 0 fully saturated rings. The van der Waals surface area contributed by atoms with Crippen LogP contribution in [0.1, 0.15) is 24.8 Å². The van der Waals surface area contributed by atoms with Gasteiger partial charge in [0.05, 0.1) is 19.1 Å². The molecule has 0 bridgehead atoms. The predicted molar refractivity (Wildman–Crippen MR) is 76.8 cm³/mol. The summed E-state index contributed by atoms with van der Waals surface area (Å²) in [7, 11) is -2.07. The largest absolute Gasteiger partial charge is 0.469 e. The lowest BCUT2D eigenvalue weighted by Gasteiger charge is -2.07. The highest BCUT2D eigenvalue weighted by Gasteiger charge is 2.07. The van der Waals surface area contributed by atoms with Gasteiger partial charge in [0.25, 0.3) is 0 Å². The SMILES string of the molecule is COC(=O)CCC/C(=N\NS(C)(=O)=O)c1ccccc1. The van der Waals surface area contributed by atoms with E-state index in [-0.39, 0.29) is 12.4 Å². The van der Waals surface area contributed by atoms with Crippen molar-refractivity contribution in [2.75, 3.05) is 13.4 Å². The Morgan fingerprint density at radius 1 is 1.25 bits per heavy atom. The maximum atomic E-state index is 11.1. The predicted octanol–water partition coefficient (Wildman–Crippen LogP) is 1.28. The van der Waals surface area contributed by atoms with E-state index in [4.69, 9.17) is 0 Å². The Bertz CT molecular complexity index is 567. The second-order valence-electron chi connectivity index (χ2n) is 4.22. The van der Waals surface area contributed by atoms with Crippen LogP contribution in [0.3, 0.4) is 0 Å². The number of nitrogens with zero attached hydrogens (tertiary/aromatic N) is 1. The molecule has 0 heterocycles. The summed E-state index contributed by atoms with van der Waals surface area (Å²) in [5, 5.41) is 3.91. The molecule has 0 amide bonds. The molecule has 0 saturated heterocycles. The molecule has 7 heteroatoms. The van der Waals surface area contributed by atoms with Crippen LogP contribution in [0.5, 0.6) is 0 Å². The van der Waals surface area contributed by atoms with Crippen molar-refractivity contribution in [1.29, 1.82) is 0 Å². The summed E-state index contributed by atoms with van der Waals surface area (Å²) < 4.78 is 26.8. The first kappa shape index (κ1) is 16.2. The zero-order chi connectivity index (χ0) is 15.0. The molecule has 0 aliphatic carbocycles. The minimum absolute atomic E-state index is 0.265. The van der Waals surface area contributed by atoms with E-state index in [0.717, 1.165) is 11.8 Å². The van der Waals surface area contributed by atoms with E-state index in [2.05, 4.69) is 14.7 Å². The molecule has 1 aromatic rings. The number of carbonyl (C=O) groups excluding carboxylic acids is 1. The minimum Gasteiger partial charge on any atom is -0.469 e. The van der Waals surface area contributed by atoms with Crippen molar-refractivity contribution < 1.29 is 17.9 Å². The van der Waals surface area contributed by atoms with Gasteiger partial charge in [-0.3, -0.25) is 4.79 Å². The molecule has 0 aliphatic heterocycles. The van der Waals surface area contributed by atoms with E-state index in [1.807, 2.05) is 30.3 Å². The highest BCUT2D eigenvalue weighted by atomic mass is 32.2. The monoisotopic (exact) mass is 298 g/mol. The lowest BCUT2D eigenvalue weighted by Crippen LogP contribution is -2.18. The third kappa shape index (κ3) is 6.33.